The molecule has 0 aromatic heterocycles. The smallest absolute Gasteiger partial charge is 0.176 e. The molecule has 2 heteroatoms. The first kappa shape index (κ1) is 24.4. The Kier molecular flexibility index (Phi) is 6.33. The lowest BCUT2D eigenvalue weighted by molar-refractivity contribution is 0.177. The number of hydrogen-bond donors (Lipinski definition) is 0. The maximum atomic E-state index is 2.43. The zero-order valence-corrected chi connectivity index (χ0v) is 22.7. The first-order valence-corrected chi connectivity index (χ1v) is 13.3. The number of nitrogens with zero attached hydrogens (tertiary/aromatic N) is 1. The van der Waals surface area contributed by atoms with Crippen LogP contribution in [0.15, 0.2) is 97.1 Å². The Balaban J connectivity index is 1.41. The van der Waals surface area contributed by atoms with E-state index in [2.05, 4.69) is 144 Å². The van der Waals surface area contributed by atoms with Gasteiger partial charge in [0, 0.05) is 17.1 Å². The van der Waals surface area contributed by atoms with Crippen molar-refractivity contribution in [2.45, 2.75) is 54.2 Å². The molecule has 4 aromatic carbocycles. The van der Waals surface area contributed by atoms with E-state index in [1.54, 1.807) is 0 Å². The molecular formula is C34H38BN. The summed E-state index contributed by atoms with van der Waals surface area (Å²) in [7, 11) is 0. The number of anilines is 3. The van der Waals surface area contributed by atoms with Gasteiger partial charge >= 0.3 is 0 Å². The maximum Gasteiger partial charge on any atom is 0.176 e. The number of aryl methyl sites for hydroxylation is 2. The molecule has 1 aliphatic heterocycles. The lowest BCUT2D eigenvalue weighted by atomic mass is 9.42. The van der Waals surface area contributed by atoms with E-state index in [0.29, 0.717) is 17.5 Å². The predicted octanol–water partition coefficient (Wildman–Crippen LogP) is 9.21. The van der Waals surface area contributed by atoms with Gasteiger partial charge in [-0.15, -0.1) is 0 Å². The fourth-order valence-corrected chi connectivity index (χ4v) is 5.68. The molecule has 4 aromatic rings. The Morgan fingerprint density at radius 3 is 1.22 bits per heavy atom. The monoisotopic (exact) mass is 471 g/mol. The molecule has 0 radical (unpaired) electrons. The van der Waals surface area contributed by atoms with Crippen molar-refractivity contribution < 1.29 is 0 Å². The highest BCUT2D eigenvalue weighted by Gasteiger charge is 2.47. The molecule has 0 bridgehead atoms. The molecule has 1 aliphatic rings. The second-order valence-corrected chi connectivity index (χ2v) is 12.0. The van der Waals surface area contributed by atoms with Crippen molar-refractivity contribution in [3.05, 3.63) is 108 Å². The minimum absolute atomic E-state index is 0.382. The van der Waals surface area contributed by atoms with Crippen LogP contribution in [0, 0.1) is 24.7 Å². The standard InChI is InChI=1S/C34H38BN/c1-25-7-17-30(18-8-25)36(31-19-9-26(2)10-20-31)32-21-13-28(14-22-32)27-11-15-29(16-12-27)35-23-33(3,4)34(5,6)24-35/h7-22H,23-24H2,1-6H3. The topological polar surface area (TPSA) is 3.24 Å². The van der Waals surface area contributed by atoms with Crippen LogP contribution in [0.25, 0.3) is 11.1 Å². The average molecular weight is 471 g/mol. The van der Waals surface area contributed by atoms with Crippen LogP contribution in [0.1, 0.15) is 38.8 Å². The summed E-state index contributed by atoms with van der Waals surface area (Å²) in [5.41, 5.74) is 10.8. The third-order valence-electron chi connectivity index (χ3n) is 8.77. The highest BCUT2D eigenvalue weighted by Crippen LogP contribution is 2.52. The van der Waals surface area contributed by atoms with Crippen LogP contribution in [0.5, 0.6) is 0 Å². The van der Waals surface area contributed by atoms with E-state index in [4.69, 9.17) is 0 Å². The summed E-state index contributed by atoms with van der Waals surface area (Å²) in [6.07, 6.45) is 2.53. The van der Waals surface area contributed by atoms with Crippen molar-refractivity contribution in [3.63, 3.8) is 0 Å². The van der Waals surface area contributed by atoms with E-state index in [-0.39, 0.29) is 0 Å². The van der Waals surface area contributed by atoms with Crippen LogP contribution in [0.2, 0.25) is 12.6 Å². The molecule has 36 heavy (non-hydrogen) atoms. The van der Waals surface area contributed by atoms with Crippen molar-refractivity contribution in [3.8, 4) is 11.1 Å². The van der Waals surface area contributed by atoms with E-state index < -0.39 is 0 Å². The molecule has 0 unspecified atom stereocenters. The molecule has 1 fully saturated rings. The molecule has 0 spiro atoms. The largest absolute Gasteiger partial charge is 0.311 e. The van der Waals surface area contributed by atoms with Gasteiger partial charge in [0.2, 0.25) is 0 Å². The van der Waals surface area contributed by atoms with Gasteiger partial charge in [0.25, 0.3) is 0 Å². The SMILES string of the molecule is Cc1ccc(N(c2ccc(C)cc2)c2ccc(-c3ccc(B4CC(C)(C)C(C)(C)C4)cc3)cc2)cc1. The van der Waals surface area contributed by atoms with Gasteiger partial charge in [0.1, 0.15) is 0 Å². The molecule has 1 nitrogen and oxygen atoms in total. The van der Waals surface area contributed by atoms with Gasteiger partial charge in [-0.1, -0.05) is 118 Å². The Morgan fingerprint density at radius 2 is 0.833 bits per heavy atom. The summed E-state index contributed by atoms with van der Waals surface area (Å²) in [5.74, 6) is 0. The van der Waals surface area contributed by atoms with Gasteiger partial charge in [-0.25, -0.2) is 0 Å². The maximum absolute atomic E-state index is 2.43. The van der Waals surface area contributed by atoms with Crippen LogP contribution >= 0.6 is 0 Å². The van der Waals surface area contributed by atoms with E-state index in [1.165, 1.54) is 57.4 Å². The van der Waals surface area contributed by atoms with Crippen LogP contribution in [0.4, 0.5) is 17.1 Å². The molecule has 0 amide bonds. The third-order valence-corrected chi connectivity index (χ3v) is 8.77. The Labute approximate surface area is 218 Å². The second kappa shape index (κ2) is 9.32. The van der Waals surface area contributed by atoms with Crippen LogP contribution in [-0.4, -0.2) is 6.71 Å². The molecular weight excluding hydrogens is 433 g/mol. The highest BCUT2D eigenvalue weighted by atomic mass is 15.1. The van der Waals surface area contributed by atoms with Gasteiger partial charge in [0.05, 0.1) is 0 Å². The van der Waals surface area contributed by atoms with Crippen molar-refractivity contribution >= 4 is 29.2 Å². The zero-order valence-electron chi connectivity index (χ0n) is 22.7. The lowest BCUT2D eigenvalue weighted by Crippen LogP contribution is -2.27. The van der Waals surface area contributed by atoms with Crippen molar-refractivity contribution in [2.24, 2.45) is 10.8 Å². The summed E-state index contributed by atoms with van der Waals surface area (Å²) in [6, 6.07) is 35.8. The van der Waals surface area contributed by atoms with Gasteiger partial charge in [0.15, 0.2) is 6.71 Å². The molecule has 0 aliphatic carbocycles. The quantitative estimate of drug-likeness (QED) is 0.262. The molecule has 182 valence electrons. The fourth-order valence-electron chi connectivity index (χ4n) is 5.68. The summed E-state index contributed by atoms with van der Waals surface area (Å²) < 4.78 is 0. The van der Waals surface area contributed by atoms with E-state index in [9.17, 15) is 0 Å². The summed E-state index contributed by atoms with van der Waals surface area (Å²) >= 11 is 0. The summed E-state index contributed by atoms with van der Waals surface area (Å²) in [4.78, 5) is 2.33. The predicted molar refractivity (Wildman–Crippen MR) is 159 cm³/mol. The third kappa shape index (κ3) is 4.74. The van der Waals surface area contributed by atoms with Crippen LogP contribution < -0.4 is 10.4 Å². The van der Waals surface area contributed by atoms with Crippen molar-refractivity contribution in [1.82, 2.24) is 0 Å². The molecule has 0 saturated carbocycles. The van der Waals surface area contributed by atoms with Crippen molar-refractivity contribution in [2.75, 3.05) is 4.90 Å². The lowest BCUT2D eigenvalue weighted by Gasteiger charge is -2.35. The first-order chi connectivity index (χ1) is 17.1. The average Bonchev–Trinajstić information content (AvgIpc) is 3.09. The summed E-state index contributed by atoms with van der Waals surface area (Å²) in [6.45, 7) is 14.6. The fraction of sp³-hybridized carbons (Fsp3) is 0.294. The number of hydrogen-bond acceptors (Lipinski definition) is 1. The van der Waals surface area contributed by atoms with Gasteiger partial charge in [-0.3, -0.25) is 0 Å². The Bertz CT molecular complexity index is 1250. The minimum Gasteiger partial charge on any atom is -0.311 e. The molecule has 1 heterocycles. The van der Waals surface area contributed by atoms with Gasteiger partial charge in [-0.2, -0.15) is 0 Å². The minimum atomic E-state index is 0.382. The number of rotatable bonds is 5. The zero-order chi connectivity index (χ0) is 25.5. The Hall–Kier alpha value is -3.26. The second-order valence-electron chi connectivity index (χ2n) is 12.0. The van der Waals surface area contributed by atoms with Gasteiger partial charge < -0.3 is 4.90 Å². The van der Waals surface area contributed by atoms with Gasteiger partial charge in [-0.05, 0) is 72.2 Å². The normalized spacial score (nSPS) is 16.2. The van der Waals surface area contributed by atoms with E-state index in [0.717, 1.165) is 0 Å². The van der Waals surface area contributed by atoms with Crippen molar-refractivity contribution in [1.29, 1.82) is 0 Å². The van der Waals surface area contributed by atoms with Crippen LogP contribution in [0.3, 0.4) is 0 Å². The Morgan fingerprint density at radius 1 is 0.500 bits per heavy atom. The molecule has 0 atom stereocenters. The molecule has 5 rings (SSSR count). The van der Waals surface area contributed by atoms with E-state index in [1.807, 2.05) is 0 Å². The van der Waals surface area contributed by atoms with Crippen LogP contribution in [-0.2, 0) is 0 Å². The highest BCUT2D eigenvalue weighted by molar-refractivity contribution is 6.74. The number of benzene rings is 4. The van der Waals surface area contributed by atoms with E-state index >= 15 is 0 Å². The molecule has 0 N–H and O–H groups in total. The first-order valence-electron chi connectivity index (χ1n) is 13.3. The summed E-state index contributed by atoms with van der Waals surface area (Å²) in [5, 5.41) is 0. The molecule has 1 saturated heterocycles.